The fraction of sp³-hybridized carbons (Fsp3) is 0.370. The van der Waals surface area contributed by atoms with E-state index in [-0.39, 0.29) is 45.1 Å². The minimum absolute atomic E-state index is 0.0745. The lowest BCUT2D eigenvalue weighted by Gasteiger charge is -2.35. The number of carbonyl (C=O) groups is 5. The fourth-order valence-electron chi connectivity index (χ4n) is 4.67. The Balaban J connectivity index is 1.35. The predicted octanol–water partition coefficient (Wildman–Crippen LogP) is 2.07. The molecule has 11 nitrogen and oxygen atoms in total. The SMILES string of the molecule is CSCCc1ccc(NC(=O)NCc2ccc3c(c2)CN(C2CCC(=O)N(CNC(=O)CN)C2=O)C3=O)cc1Cl. The average molecular weight is 587 g/mol. The zero-order valence-corrected chi connectivity index (χ0v) is 23.6. The van der Waals surface area contributed by atoms with Crippen molar-refractivity contribution in [3.05, 3.63) is 63.7 Å². The zero-order chi connectivity index (χ0) is 28.8. The third kappa shape index (κ3) is 6.75. The highest BCUT2D eigenvalue weighted by Gasteiger charge is 2.42. The second kappa shape index (κ2) is 13.2. The van der Waals surface area contributed by atoms with Crippen molar-refractivity contribution in [3.63, 3.8) is 0 Å². The maximum Gasteiger partial charge on any atom is 0.319 e. The van der Waals surface area contributed by atoms with E-state index in [1.165, 1.54) is 4.90 Å². The first kappa shape index (κ1) is 29.4. The molecule has 0 radical (unpaired) electrons. The molecule has 13 heteroatoms. The van der Waals surface area contributed by atoms with Gasteiger partial charge >= 0.3 is 6.03 Å². The number of hydrogen-bond acceptors (Lipinski definition) is 7. The summed E-state index contributed by atoms with van der Waals surface area (Å²) < 4.78 is 0. The number of piperidine rings is 1. The van der Waals surface area contributed by atoms with Gasteiger partial charge in [-0.05, 0) is 59.7 Å². The van der Waals surface area contributed by atoms with Crippen LogP contribution in [0.2, 0.25) is 5.02 Å². The molecule has 2 aromatic rings. The molecule has 5 N–H and O–H groups in total. The molecule has 2 heterocycles. The molecule has 4 rings (SSSR count). The zero-order valence-electron chi connectivity index (χ0n) is 22.0. The van der Waals surface area contributed by atoms with Crippen molar-refractivity contribution in [2.24, 2.45) is 5.73 Å². The average Bonchev–Trinajstić information content (AvgIpc) is 3.26. The fourth-order valence-corrected chi connectivity index (χ4v) is 5.37. The maximum absolute atomic E-state index is 13.1. The molecule has 1 unspecified atom stereocenters. The largest absolute Gasteiger partial charge is 0.337 e. The van der Waals surface area contributed by atoms with Gasteiger partial charge in [-0.15, -0.1) is 0 Å². The third-order valence-corrected chi connectivity index (χ3v) is 7.79. The van der Waals surface area contributed by atoms with Crippen molar-refractivity contribution in [1.29, 1.82) is 0 Å². The number of likely N-dealkylation sites (tertiary alicyclic amines) is 1. The van der Waals surface area contributed by atoms with E-state index in [1.54, 1.807) is 30.0 Å². The van der Waals surface area contributed by atoms with E-state index >= 15 is 0 Å². The summed E-state index contributed by atoms with van der Waals surface area (Å²) in [6.07, 6.45) is 3.16. The summed E-state index contributed by atoms with van der Waals surface area (Å²) in [5, 5.41) is 8.61. The van der Waals surface area contributed by atoms with Crippen LogP contribution in [0.3, 0.4) is 0 Å². The highest BCUT2D eigenvalue weighted by molar-refractivity contribution is 7.98. The van der Waals surface area contributed by atoms with Crippen molar-refractivity contribution >= 4 is 58.7 Å². The van der Waals surface area contributed by atoms with Gasteiger partial charge in [-0.3, -0.25) is 24.1 Å². The Morgan fingerprint density at radius 1 is 1.12 bits per heavy atom. The number of anilines is 1. The van der Waals surface area contributed by atoms with Crippen LogP contribution in [-0.4, -0.2) is 70.7 Å². The highest BCUT2D eigenvalue weighted by Crippen LogP contribution is 2.30. The number of imide groups is 1. The maximum atomic E-state index is 13.1. The molecule has 0 spiro atoms. The van der Waals surface area contributed by atoms with Crippen molar-refractivity contribution in [3.8, 4) is 0 Å². The molecular formula is C27H31ClN6O5S. The number of nitrogens with zero attached hydrogens (tertiary/aromatic N) is 2. The molecule has 1 atom stereocenters. The number of aryl methyl sites for hydroxylation is 1. The van der Waals surface area contributed by atoms with Crippen molar-refractivity contribution in [1.82, 2.24) is 20.4 Å². The van der Waals surface area contributed by atoms with Crippen LogP contribution in [0.15, 0.2) is 36.4 Å². The van der Waals surface area contributed by atoms with Gasteiger partial charge in [0, 0.05) is 35.8 Å². The van der Waals surface area contributed by atoms with Gasteiger partial charge < -0.3 is 26.6 Å². The first-order chi connectivity index (χ1) is 19.2. The first-order valence-corrected chi connectivity index (χ1v) is 14.5. The van der Waals surface area contributed by atoms with E-state index < -0.39 is 29.8 Å². The summed E-state index contributed by atoms with van der Waals surface area (Å²) in [7, 11) is 0. The van der Waals surface area contributed by atoms with E-state index in [9.17, 15) is 24.0 Å². The van der Waals surface area contributed by atoms with E-state index in [4.69, 9.17) is 17.3 Å². The number of nitrogens with one attached hydrogen (secondary N) is 3. The van der Waals surface area contributed by atoms with Gasteiger partial charge in [-0.2, -0.15) is 11.8 Å². The van der Waals surface area contributed by atoms with Crippen LogP contribution >= 0.6 is 23.4 Å². The van der Waals surface area contributed by atoms with Crippen LogP contribution in [0.4, 0.5) is 10.5 Å². The lowest BCUT2D eigenvalue weighted by molar-refractivity contribution is -0.152. The van der Waals surface area contributed by atoms with Crippen LogP contribution in [0.25, 0.3) is 0 Å². The number of urea groups is 1. The predicted molar refractivity (Wildman–Crippen MR) is 153 cm³/mol. The van der Waals surface area contributed by atoms with Crippen LogP contribution in [0.5, 0.6) is 0 Å². The lowest BCUT2D eigenvalue weighted by Crippen LogP contribution is -2.57. The Kier molecular flexibility index (Phi) is 9.67. The number of hydrogen-bond donors (Lipinski definition) is 4. The summed E-state index contributed by atoms with van der Waals surface area (Å²) >= 11 is 8.08. The van der Waals surface area contributed by atoms with Gasteiger partial charge in [0.15, 0.2) is 0 Å². The molecule has 40 heavy (non-hydrogen) atoms. The van der Waals surface area contributed by atoms with Crippen molar-refractivity contribution in [2.75, 3.05) is 30.5 Å². The number of thioether (sulfide) groups is 1. The number of benzene rings is 2. The molecule has 212 valence electrons. The van der Waals surface area contributed by atoms with Gasteiger partial charge in [0.1, 0.15) is 12.7 Å². The van der Waals surface area contributed by atoms with Gasteiger partial charge in [0.05, 0.1) is 6.54 Å². The third-order valence-electron chi connectivity index (χ3n) is 6.82. The quantitative estimate of drug-likeness (QED) is 0.311. The molecule has 6 amide bonds. The Hall–Kier alpha value is -3.61. The molecule has 0 aromatic heterocycles. The van der Waals surface area contributed by atoms with Crippen LogP contribution in [0.1, 0.15) is 39.9 Å². The number of carbonyl (C=O) groups excluding carboxylic acids is 5. The molecule has 2 aromatic carbocycles. The summed E-state index contributed by atoms with van der Waals surface area (Å²) in [6, 6.07) is 9.46. The minimum atomic E-state index is -0.821. The number of fused-ring (bicyclic) bond motifs is 1. The molecule has 2 aliphatic heterocycles. The monoisotopic (exact) mass is 586 g/mol. The summed E-state index contributed by atoms with van der Waals surface area (Å²) in [4.78, 5) is 64.9. The first-order valence-electron chi connectivity index (χ1n) is 12.8. The second-order valence-electron chi connectivity index (χ2n) is 9.46. The highest BCUT2D eigenvalue weighted by atomic mass is 35.5. The molecule has 1 saturated heterocycles. The Labute approximate surface area is 241 Å². The van der Waals surface area contributed by atoms with Crippen molar-refractivity contribution in [2.45, 2.75) is 38.4 Å². The summed E-state index contributed by atoms with van der Waals surface area (Å²) in [5.41, 5.74) is 8.86. The number of nitrogens with two attached hydrogens (primary N) is 1. The van der Waals surface area contributed by atoms with Gasteiger partial charge in [-0.1, -0.05) is 29.8 Å². The molecule has 0 bridgehead atoms. The van der Waals surface area contributed by atoms with E-state index in [1.807, 2.05) is 24.5 Å². The number of halogens is 1. The van der Waals surface area contributed by atoms with Crippen molar-refractivity contribution < 1.29 is 24.0 Å². The van der Waals surface area contributed by atoms with Crippen LogP contribution < -0.4 is 21.7 Å². The molecule has 1 fully saturated rings. The van der Waals surface area contributed by atoms with Gasteiger partial charge in [-0.25, -0.2) is 4.79 Å². The number of amides is 6. The van der Waals surface area contributed by atoms with E-state index in [2.05, 4.69) is 16.0 Å². The molecule has 0 saturated carbocycles. The molecular weight excluding hydrogens is 556 g/mol. The smallest absolute Gasteiger partial charge is 0.319 e. The molecule has 0 aliphatic carbocycles. The Morgan fingerprint density at radius 2 is 1.93 bits per heavy atom. The minimum Gasteiger partial charge on any atom is -0.337 e. The normalized spacial score (nSPS) is 16.7. The molecule has 2 aliphatic rings. The summed E-state index contributed by atoms with van der Waals surface area (Å²) in [5.74, 6) is -0.788. The van der Waals surface area contributed by atoms with Gasteiger partial charge in [0.25, 0.3) is 11.8 Å². The second-order valence-corrected chi connectivity index (χ2v) is 10.9. The van der Waals surface area contributed by atoms with E-state index in [0.717, 1.165) is 33.8 Å². The van der Waals surface area contributed by atoms with Gasteiger partial charge in [0.2, 0.25) is 11.8 Å². The Bertz CT molecular complexity index is 1340. The topological polar surface area (TPSA) is 154 Å². The Morgan fingerprint density at radius 3 is 2.65 bits per heavy atom. The summed E-state index contributed by atoms with van der Waals surface area (Å²) in [6.45, 7) is -0.134. The van der Waals surface area contributed by atoms with Crippen LogP contribution in [-0.2, 0) is 33.9 Å². The standard InChI is InChI=1S/C27H31ClN6O5S/c1-40-9-8-17-3-4-19(11-21(17)28)32-27(39)30-13-16-2-5-20-18(10-16)14-33(25(20)37)22-6-7-24(36)34(26(22)38)15-31-23(35)12-29/h2-5,10-11,22H,6-9,12-15,29H2,1H3,(H,31,35)(H2,30,32,39). The van der Waals surface area contributed by atoms with Crippen LogP contribution in [0, 0.1) is 0 Å². The lowest BCUT2D eigenvalue weighted by atomic mass is 10.0. The van der Waals surface area contributed by atoms with E-state index in [0.29, 0.717) is 16.3 Å². The number of rotatable bonds is 10.